The van der Waals surface area contributed by atoms with E-state index in [4.69, 9.17) is 11.5 Å². The van der Waals surface area contributed by atoms with Gasteiger partial charge in [0.2, 0.25) is 5.96 Å². The molecule has 8 heteroatoms. The minimum atomic E-state index is -4.35. The molecule has 0 unspecified atom stereocenters. The fourth-order valence-corrected chi connectivity index (χ4v) is 2.07. The topological polar surface area (TPSA) is 80.0 Å². The SMILES string of the molecule is CC1=CCN(C(N)=NC(N)=NCc2ccc(C(F)(F)F)cc2)C1. The standard InChI is InChI=1S/C15H18F3N5/c1-10-6-7-23(9-10)14(20)22-13(19)21-8-11-2-4-12(5-3-11)15(16,17)18/h2-6H,7-9H2,1H3,(H4,19,20,21,22). The summed E-state index contributed by atoms with van der Waals surface area (Å²) in [6, 6.07) is 4.75. The molecule has 0 aromatic heterocycles. The lowest BCUT2D eigenvalue weighted by atomic mass is 10.1. The highest BCUT2D eigenvalue weighted by Crippen LogP contribution is 2.29. The Bertz CT molecular complexity index is 644. The Morgan fingerprint density at radius 1 is 1.22 bits per heavy atom. The summed E-state index contributed by atoms with van der Waals surface area (Å²) in [5.74, 6) is 0.263. The predicted molar refractivity (Wildman–Crippen MR) is 83.7 cm³/mol. The zero-order valence-electron chi connectivity index (χ0n) is 12.6. The van der Waals surface area contributed by atoms with Gasteiger partial charge >= 0.3 is 6.18 Å². The van der Waals surface area contributed by atoms with Crippen LogP contribution in [0.2, 0.25) is 0 Å². The molecule has 0 bridgehead atoms. The first-order valence-electron chi connectivity index (χ1n) is 6.96. The van der Waals surface area contributed by atoms with Crippen molar-refractivity contribution in [3.05, 3.63) is 47.0 Å². The second-order valence-electron chi connectivity index (χ2n) is 5.27. The lowest BCUT2D eigenvalue weighted by Crippen LogP contribution is -2.37. The van der Waals surface area contributed by atoms with Crippen LogP contribution in [0.15, 0.2) is 45.9 Å². The van der Waals surface area contributed by atoms with Gasteiger partial charge in [-0.1, -0.05) is 23.8 Å². The molecule has 2 rings (SSSR count). The fourth-order valence-electron chi connectivity index (χ4n) is 2.07. The van der Waals surface area contributed by atoms with E-state index in [1.54, 1.807) is 0 Å². The van der Waals surface area contributed by atoms with Gasteiger partial charge in [-0.25, -0.2) is 4.99 Å². The molecular formula is C15H18F3N5. The van der Waals surface area contributed by atoms with Crippen LogP contribution in [-0.4, -0.2) is 29.9 Å². The van der Waals surface area contributed by atoms with Gasteiger partial charge in [-0.3, -0.25) is 0 Å². The molecule has 1 aliphatic heterocycles. The Labute approximate surface area is 132 Å². The van der Waals surface area contributed by atoms with Crippen LogP contribution in [0.1, 0.15) is 18.1 Å². The Balaban J connectivity index is 1.96. The molecule has 0 fully saturated rings. The van der Waals surface area contributed by atoms with E-state index < -0.39 is 11.7 Å². The Morgan fingerprint density at radius 3 is 2.39 bits per heavy atom. The summed E-state index contributed by atoms with van der Waals surface area (Å²) >= 11 is 0. The minimum absolute atomic E-state index is 0.00745. The molecule has 1 heterocycles. The van der Waals surface area contributed by atoms with Gasteiger partial charge in [-0.15, -0.1) is 0 Å². The summed E-state index contributed by atoms with van der Waals surface area (Å²) in [4.78, 5) is 9.86. The van der Waals surface area contributed by atoms with E-state index in [1.807, 2.05) is 17.9 Å². The molecular weight excluding hydrogens is 307 g/mol. The van der Waals surface area contributed by atoms with E-state index in [1.165, 1.54) is 17.7 Å². The van der Waals surface area contributed by atoms with Gasteiger partial charge in [0.05, 0.1) is 12.1 Å². The number of hydrogen-bond donors (Lipinski definition) is 2. The van der Waals surface area contributed by atoms with Gasteiger partial charge in [0, 0.05) is 13.1 Å². The van der Waals surface area contributed by atoms with Crippen molar-refractivity contribution in [2.75, 3.05) is 13.1 Å². The summed E-state index contributed by atoms with van der Waals surface area (Å²) in [5, 5.41) is 0. The number of alkyl halides is 3. The maximum Gasteiger partial charge on any atom is 0.416 e. The molecule has 5 nitrogen and oxygen atoms in total. The van der Waals surface area contributed by atoms with Crippen LogP contribution in [0, 0.1) is 0 Å². The highest BCUT2D eigenvalue weighted by Gasteiger charge is 2.29. The van der Waals surface area contributed by atoms with Gasteiger partial charge in [0.1, 0.15) is 0 Å². The highest BCUT2D eigenvalue weighted by molar-refractivity contribution is 5.93. The van der Waals surface area contributed by atoms with Crippen LogP contribution < -0.4 is 11.5 Å². The lowest BCUT2D eigenvalue weighted by molar-refractivity contribution is -0.137. The third-order valence-electron chi connectivity index (χ3n) is 3.36. The number of rotatable bonds is 2. The molecule has 1 aliphatic rings. The Morgan fingerprint density at radius 2 is 1.87 bits per heavy atom. The van der Waals surface area contributed by atoms with Crippen LogP contribution >= 0.6 is 0 Å². The summed E-state index contributed by atoms with van der Waals surface area (Å²) < 4.78 is 37.4. The Kier molecular flexibility index (Phi) is 4.92. The minimum Gasteiger partial charge on any atom is -0.369 e. The van der Waals surface area contributed by atoms with E-state index in [0.717, 1.165) is 12.1 Å². The summed E-state index contributed by atoms with van der Waals surface area (Å²) in [6.07, 6.45) is -2.31. The van der Waals surface area contributed by atoms with Gasteiger partial charge in [0.15, 0.2) is 5.96 Å². The van der Waals surface area contributed by atoms with Crippen molar-refractivity contribution in [2.24, 2.45) is 21.5 Å². The highest BCUT2D eigenvalue weighted by atomic mass is 19.4. The van der Waals surface area contributed by atoms with Crippen LogP contribution in [0.3, 0.4) is 0 Å². The zero-order chi connectivity index (χ0) is 17.0. The average molecular weight is 325 g/mol. The lowest BCUT2D eigenvalue weighted by Gasteiger charge is -2.16. The number of benzene rings is 1. The summed E-state index contributed by atoms with van der Waals surface area (Å²) in [6.45, 7) is 3.50. The van der Waals surface area contributed by atoms with Gasteiger partial charge in [-0.2, -0.15) is 18.2 Å². The molecule has 23 heavy (non-hydrogen) atoms. The second kappa shape index (κ2) is 6.72. The molecule has 0 amide bonds. The fraction of sp³-hybridized carbons (Fsp3) is 0.333. The van der Waals surface area contributed by atoms with Crippen molar-refractivity contribution in [3.63, 3.8) is 0 Å². The van der Waals surface area contributed by atoms with Crippen molar-refractivity contribution >= 4 is 11.9 Å². The number of nitrogens with zero attached hydrogens (tertiary/aromatic N) is 3. The first-order chi connectivity index (χ1) is 10.8. The molecule has 0 saturated carbocycles. The molecule has 0 atom stereocenters. The van der Waals surface area contributed by atoms with Gasteiger partial charge in [0.25, 0.3) is 0 Å². The average Bonchev–Trinajstić information content (AvgIpc) is 2.91. The number of aliphatic imine (C=N–C) groups is 2. The van der Waals surface area contributed by atoms with Crippen molar-refractivity contribution in [1.29, 1.82) is 0 Å². The Hall–Kier alpha value is -2.51. The summed E-state index contributed by atoms with van der Waals surface area (Å²) in [7, 11) is 0. The van der Waals surface area contributed by atoms with E-state index in [2.05, 4.69) is 9.98 Å². The molecule has 124 valence electrons. The van der Waals surface area contributed by atoms with Crippen molar-refractivity contribution in [3.8, 4) is 0 Å². The normalized spacial score (nSPS) is 16.7. The zero-order valence-corrected chi connectivity index (χ0v) is 12.6. The van der Waals surface area contributed by atoms with Crippen LogP contribution in [0.5, 0.6) is 0 Å². The number of nitrogens with two attached hydrogens (primary N) is 2. The van der Waals surface area contributed by atoms with Crippen molar-refractivity contribution in [1.82, 2.24) is 4.90 Å². The third-order valence-corrected chi connectivity index (χ3v) is 3.36. The number of hydrogen-bond acceptors (Lipinski definition) is 1. The maximum atomic E-state index is 12.5. The molecule has 1 aromatic carbocycles. The van der Waals surface area contributed by atoms with E-state index in [0.29, 0.717) is 18.7 Å². The van der Waals surface area contributed by atoms with E-state index in [9.17, 15) is 13.2 Å². The molecule has 0 spiro atoms. The largest absolute Gasteiger partial charge is 0.416 e. The summed E-state index contributed by atoms with van der Waals surface area (Å²) in [5.41, 5.74) is 12.6. The van der Waals surface area contributed by atoms with Crippen LogP contribution in [-0.2, 0) is 12.7 Å². The van der Waals surface area contributed by atoms with Crippen molar-refractivity contribution < 1.29 is 13.2 Å². The number of guanidine groups is 2. The molecule has 0 saturated heterocycles. The van der Waals surface area contributed by atoms with Crippen LogP contribution in [0.4, 0.5) is 13.2 Å². The second-order valence-corrected chi connectivity index (χ2v) is 5.27. The van der Waals surface area contributed by atoms with E-state index in [-0.39, 0.29) is 18.5 Å². The smallest absolute Gasteiger partial charge is 0.369 e. The van der Waals surface area contributed by atoms with Gasteiger partial charge in [-0.05, 0) is 24.6 Å². The van der Waals surface area contributed by atoms with Crippen LogP contribution in [0.25, 0.3) is 0 Å². The maximum absolute atomic E-state index is 12.5. The molecule has 0 radical (unpaired) electrons. The van der Waals surface area contributed by atoms with Crippen molar-refractivity contribution in [2.45, 2.75) is 19.6 Å². The molecule has 0 aliphatic carbocycles. The van der Waals surface area contributed by atoms with Gasteiger partial charge < -0.3 is 16.4 Å². The third kappa shape index (κ3) is 4.73. The quantitative estimate of drug-likeness (QED) is 0.496. The number of halogens is 3. The molecule has 4 N–H and O–H groups in total. The molecule has 1 aromatic rings. The van der Waals surface area contributed by atoms with E-state index >= 15 is 0 Å². The monoisotopic (exact) mass is 325 g/mol. The predicted octanol–water partition coefficient (Wildman–Crippen LogP) is 2.10. The first-order valence-corrected chi connectivity index (χ1v) is 6.96. The first kappa shape index (κ1) is 16.9.